The molecular formula is C19H25N. The SMILES string of the molecule is Cc1ccccc1Nc1c(C(C)C)cccc1C(C)C. The molecule has 0 fully saturated rings. The fourth-order valence-electron chi connectivity index (χ4n) is 2.54. The number of anilines is 2. The van der Waals surface area contributed by atoms with Gasteiger partial charge in [-0.15, -0.1) is 0 Å². The van der Waals surface area contributed by atoms with E-state index in [1.54, 1.807) is 0 Å². The number of hydrogen-bond acceptors (Lipinski definition) is 1. The molecule has 0 saturated heterocycles. The normalized spacial score (nSPS) is 11.2. The maximum atomic E-state index is 3.67. The molecule has 20 heavy (non-hydrogen) atoms. The Balaban J connectivity index is 2.51. The van der Waals surface area contributed by atoms with E-state index < -0.39 is 0 Å². The molecule has 0 spiro atoms. The molecule has 2 aromatic carbocycles. The van der Waals surface area contributed by atoms with Crippen molar-refractivity contribution in [1.29, 1.82) is 0 Å². The standard InChI is InChI=1S/C19H25N/c1-13(2)16-10-8-11-17(14(3)4)19(16)20-18-12-7-6-9-15(18)5/h6-14,20H,1-5H3. The van der Waals surface area contributed by atoms with Crippen LogP contribution in [0, 0.1) is 6.92 Å². The minimum Gasteiger partial charge on any atom is -0.355 e. The van der Waals surface area contributed by atoms with Crippen molar-refractivity contribution in [2.45, 2.75) is 46.5 Å². The predicted octanol–water partition coefficient (Wildman–Crippen LogP) is 5.99. The van der Waals surface area contributed by atoms with Gasteiger partial charge in [-0.3, -0.25) is 0 Å². The molecule has 0 unspecified atom stereocenters. The van der Waals surface area contributed by atoms with Gasteiger partial charge in [0.05, 0.1) is 0 Å². The minimum atomic E-state index is 0.514. The lowest BCUT2D eigenvalue weighted by Crippen LogP contribution is -2.04. The van der Waals surface area contributed by atoms with Crippen LogP contribution in [0.5, 0.6) is 0 Å². The summed E-state index contributed by atoms with van der Waals surface area (Å²) in [4.78, 5) is 0. The third-order valence-corrected chi connectivity index (χ3v) is 3.78. The Labute approximate surface area is 123 Å². The van der Waals surface area contributed by atoms with Gasteiger partial charge in [-0.05, 0) is 41.5 Å². The van der Waals surface area contributed by atoms with Crippen LogP contribution in [0.4, 0.5) is 11.4 Å². The van der Waals surface area contributed by atoms with E-state index >= 15 is 0 Å². The van der Waals surface area contributed by atoms with Gasteiger partial charge < -0.3 is 5.32 Å². The topological polar surface area (TPSA) is 12.0 Å². The van der Waals surface area contributed by atoms with Crippen molar-refractivity contribution in [3.8, 4) is 0 Å². The van der Waals surface area contributed by atoms with Gasteiger partial charge in [-0.1, -0.05) is 64.1 Å². The van der Waals surface area contributed by atoms with Gasteiger partial charge >= 0.3 is 0 Å². The highest BCUT2D eigenvalue weighted by atomic mass is 14.9. The molecule has 106 valence electrons. The second kappa shape index (κ2) is 6.13. The highest BCUT2D eigenvalue weighted by Gasteiger charge is 2.14. The molecule has 0 aliphatic rings. The van der Waals surface area contributed by atoms with Gasteiger partial charge in [0, 0.05) is 11.4 Å². The van der Waals surface area contributed by atoms with E-state index in [9.17, 15) is 0 Å². The fraction of sp³-hybridized carbons (Fsp3) is 0.368. The summed E-state index contributed by atoms with van der Waals surface area (Å²) in [5, 5.41) is 3.67. The molecule has 0 heterocycles. The molecule has 0 radical (unpaired) electrons. The van der Waals surface area contributed by atoms with E-state index in [4.69, 9.17) is 0 Å². The van der Waals surface area contributed by atoms with Crippen molar-refractivity contribution < 1.29 is 0 Å². The summed E-state index contributed by atoms with van der Waals surface area (Å²) in [5.74, 6) is 1.03. The first-order chi connectivity index (χ1) is 9.50. The van der Waals surface area contributed by atoms with E-state index in [0.29, 0.717) is 11.8 Å². The first-order valence-electron chi connectivity index (χ1n) is 7.46. The lowest BCUT2D eigenvalue weighted by atomic mass is 9.92. The van der Waals surface area contributed by atoms with Crippen LogP contribution in [0.15, 0.2) is 42.5 Å². The van der Waals surface area contributed by atoms with Crippen LogP contribution in [0.3, 0.4) is 0 Å². The number of benzene rings is 2. The van der Waals surface area contributed by atoms with Crippen molar-refractivity contribution in [3.05, 3.63) is 59.2 Å². The first kappa shape index (κ1) is 14.6. The summed E-state index contributed by atoms with van der Waals surface area (Å²) in [6.45, 7) is 11.2. The molecule has 0 atom stereocenters. The minimum absolute atomic E-state index is 0.514. The van der Waals surface area contributed by atoms with Crippen molar-refractivity contribution in [1.82, 2.24) is 0 Å². The largest absolute Gasteiger partial charge is 0.355 e. The quantitative estimate of drug-likeness (QED) is 0.718. The van der Waals surface area contributed by atoms with Crippen LogP contribution in [-0.2, 0) is 0 Å². The maximum absolute atomic E-state index is 3.67. The summed E-state index contributed by atoms with van der Waals surface area (Å²) < 4.78 is 0. The Morgan fingerprint density at radius 3 is 1.80 bits per heavy atom. The second-order valence-corrected chi connectivity index (χ2v) is 6.06. The molecule has 0 amide bonds. The summed E-state index contributed by atoms with van der Waals surface area (Å²) in [6, 6.07) is 15.1. The van der Waals surface area contributed by atoms with E-state index in [-0.39, 0.29) is 0 Å². The number of nitrogens with one attached hydrogen (secondary N) is 1. The highest BCUT2D eigenvalue weighted by molar-refractivity contribution is 5.70. The summed E-state index contributed by atoms with van der Waals surface area (Å²) in [6.07, 6.45) is 0. The average Bonchev–Trinajstić information content (AvgIpc) is 2.41. The zero-order chi connectivity index (χ0) is 14.7. The predicted molar refractivity (Wildman–Crippen MR) is 89.1 cm³/mol. The average molecular weight is 267 g/mol. The Bertz CT molecular complexity index is 556. The summed E-state index contributed by atoms with van der Waals surface area (Å²) in [7, 11) is 0. The first-order valence-corrected chi connectivity index (χ1v) is 7.46. The number of hydrogen-bond donors (Lipinski definition) is 1. The van der Waals surface area contributed by atoms with Crippen LogP contribution in [0.25, 0.3) is 0 Å². The lowest BCUT2D eigenvalue weighted by Gasteiger charge is -2.21. The lowest BCUT2D eigenvalue weighted by molar-refractivity contribution is 0.838. The highest BCUT2D eigenvalue weighted by Crippen LogP contribution is 2.35. The second-order valence-electron chi connectivity index (χ2n) is 6.06. The molecule has 1 nitrogen and oxygen atoms in total. The smallest absolute Gasteiger partial charge is 0.0454 e. The van der Waals surface area contributed by atoms with Gasteiger partial charge in [-0.2, -0.15) is 0 Å². The number of rotatable bonds is 4. The molecule has 2 aromatic rings. The Hall–Kier alpha value is -1.76. The van der Waals surface area contributed by atoms with Crippen molar-refractivity contribution in [3.63, 3.8) is 0 Å². The molecule has 0 bridgehead atoms. The molecule has 0 aliphatic heterocycles. The maximum Gasteiger partial charge on any atom is 0.0454 e. The van der Waals surface area contributed by atoms with Crippen molar-refractivity contribution in [2.24, 2.45) is 0 Å². The molecule has 1 heteroatoms. The molecule has 0 saturated carbocycles. The van der Waals surface area contributed by atoms with E-state index in [0.717, 1.165) is 0 Å². The van der Waals surface area contributed by atoms with Gasteiger partial charge in [0.15, 0.2) is 0 Å². The van der Waals surface area contributed by atoms with Crippen LogP contribution in [0.1, 0.15) is 56.2 Å². The van der Waals surface area contributed by atoms with Gasteiger partial charge in [0.25, 0.3) is 0 Å². The summed E-state index contributed by atoms with van der Waals surface area (Å²) >= 11 is 0. The van der Waals surface area contributed by atoms with Crippen molar-refractivity contribution in [2.75, 3.05) is 5.32 Å². The van der Waals surface area contributed by atoms with Crippen LogP contribution in [0.2, 0.25) is 0 Å². The Morgan fingerprint density at radius 1 is 0.750 bits per heavy atom. The molecule has 0 aliphatic carbocycles. The Morgan fingerprint density at radius 2 is 1.30 bits per heavy atom. The van der Waals surface area contributed by atoms with Crippen molar-refractivity contribution >= 4 is 11.4 Å². The zero-order valence-electron chi connectivity index (χ0n) is 13.2. The van der Waals surface area contributed by atoms with Gasteiger partial charge in [0.2, 0.25) is 0 Å². The van der Waals surface area contributed by atoms with E-state index in [1.807, 2.05) is 0 Å². The summed E-state index contributed by atoms with van der Waals surface area (Å²) in [5.41, 5.74) is 6.54. The monoisotopic (exact) mass is 267 g/mol. The van der Waals surface area contributed by atoms with E-state index in [2.05, 4.69) is 82.4 Å². The third-order valence-electron chi connectivity index (χ3n) is 3.78. The third kappa shape index (κ3) is 3.04. The molecular weight excluding hydrogens is 242 g/mol. The fourth-order valence-corrected chi connectivity index (χ4v) is 2.54. The number of aryl methyl sites for hydroxylation is 1. The van der Waals surface area contributed by atoms with E-state index in [1.165, 1.54) is 28.1 Å². The zero-order valence-corrected chi connectivity index (χ0v) is 13.2. The molecule has 1 N–H and O–H groups in total. The van der Waals surface area contributed by atoms with Crippen LogP contribution >= 0.6 is 0 Å². The molecule has 2 rings (SSSR count). The van der Waals surface area contributed by atoms with Crippen LogP contribution < -0.4 is 5.32 Å². The number of para-hydroxylation sites is 2. The van der Waals surface area contributed by atoms with Gasteiger partial charge in [0.1, 0.15) is 0 Å². The molecule has 0 aromatic heterocycles. The Kier molecular flexibility index (Phi) is 4.49. The van der Waals surface area contributed by atoms with Crippen LogP contribution in [-0.4, -0.2) is 0 Å². The van der Waals surface area contributed by atoms with Gasteiger partial charge in [-0.25, -0.2) is 0 Å².